The number of aliphatic imine (C=N–C) groups is 2. The molecule has 2 nitrogen and oxygen atoms in total. The Bertz CT molecular complexity index is 149. The van der Waals surface area contributed by atoms with Gasteiger partial charge in [-0.2, -0.15) is 0 Å². The number of nitrogens with zero attached hydrogens (tertiary/aromatic N) is 2. The van der Waals surface area contributed by atoms with Gasteiger partial charge in [-0.25, -0.2) is 0 Å². The van der Waals surface area contributed by atoms with Crippen molar-refractivity contribution in [1.82, 2.24) is 0 Å². The van der Waals surface area contributed by atoms with Crippen molar-refractivity contribution in [3.63, 3.8) is 0 Å². The predicted molar refractivity (Wildman–Crippen MR) is 65.6 cm³/mol. The van der Waals surface area contributed by atoms with E-state index < -0.39 is 0 Å². The SMILES string of the molecule is CC(C)CC=NCCN=CCC(C)C. The third-order valence-corrected chi connectivity index (χ3v) is 1.77. The molecule has 0 aromatic rings. The fourth-order valence-electron chi connectivity index (χ4n) is 0.869. The van der Waals surface area contributed by atoms with Crippen LogP contribution in [0.1, 0.15) is 40.5 Å². The van der Waals surface area contributed by atoms with Gasteiger partial charge in [0.1, 0.15) is 0 Å². The molecule has 0 atom stereocenters. The molecule has 0 fully saturated rings. The largest absolute Gasteiger partial charge is 0.296 e. The number of rotatable bonds is 7. The van der Waals surface area contributed by atoms with Gasteiger partial charge >= 0.3 is 0 Å². The lowest BCUT2D eigenvalue weighted by molar-refractivity contribution is 0.687. The van der Waals surface area contributed by atoms with Crippen LogP contribution in [0.4, 0.5) is 0 Å². The van der Waals surface area contributed by atoms with Crippen LogP contribution in [0.5, 0.6) is 0 Å². The fourth-order valence-corrected chi connectivity index (χ4v) is 0.869. The lowest BCUT2D eigenvalue weighted by atomic mass is 10.1. The quantitative estimate of drug-likeness (QED) is 0.441. The first-order chi connectivity index (χ1) is 6.63. The summed E-state index contributed by atoms with van der Waals surface area (Å²) in [6.45, 7) is 10.5. The maximum Gasteiger partial charge on any atom is 0.0581 e. The Hall–Kier alpha value is -0.660. The minimum atomic E-state index is 0.711. The van der Waals surface area contributed by atoms with Crippen molar-refractivity contribution in [3.8, 4) is 0 Å². The van der Waals surface area contributed by atoms with Crippen LogP contribution in [0.25, 0.3) is 0 Å². The molecule has 0 spiro atoms. The summed E-state index contributed by atoms with van der Waals surface area (Å²) in [6.07, 6.45) is 6.19. The zero-order chi connectivity index (χ0) is 10.8. The Labute approximate surface area is 88.5 Å². The Kier molecular flexibility index (Phi) is 8.50. The van der Waals surface area contributed by atoms with Gasteiger partial charge in [0, 0.05) is 0 Å². The molecule has 0 aromatic heterocycles. The molecule has 0 aliphatic rings. The molecule has 2 heteroatoms. The molecule has 0 aliphatic carbocycles. The summed E-state index contributed by atoms with van der Waals surface area (Å²) < 4.78 is 0. The molecule has 0 aromatic carbocycles. The lowest BCUT2D eigenvalue weighted by Gasteiger charge is -1.96. The second-order valence-electron chi connectivity index (χ2n) is 4.44. The van der Waals surface area contributed by atoms with Crippen molar-refractivity contribution in [2.24, 2.45) is 21.8 Å². The normalized spacial score (nSPS) is 12.7. The summed E-state index contributed by atoms with van der Waals surface area (Å²) in [6, 6.07) is 0. The molecule has 0 heterocycles. The van der Waals surface area contributed by atoms with Gasteiger partial charge in [-0.15, -0.1) is 0 Å². The van der Waals surface area contributed by atoms with Gasteiger partial charge in [0.05, 0.1) is 13.1 Å². The standard InChI is InChI=1S/C12H24N2/c1-11(2)5-7-13-9-10-14-8-6-12(3)4/h7-8,11-12H,5-6,9-10H2,1-4H3. The van der Waals surface area contributed by atoms with Crippen LogP contribution in [-0.2, 0) is 0 Å². The van der Waals surface area contributed by atoms with Crippen LogP contribution in [0.3, 0.4) is 0 Å². The molecular weight excluding hydrogens is 172 g/mol. The summed E-state index contributed by atoms with van der Waals surface area (Å²) in [5, 5.41) is 0. The van der Waals surface area contributed by atoms with Crippen molar-refractivity contribution in [2.45, 2.75) is 40.5 Å². The van der Waals surface area contributed by atoms with Crippen molar-refractivity contribution >= 4 is 12.4 Å². The van der Waals surface area contributed by atoms with Crippen LogP contribution in [0.15, 0.2) is 9.98 Å². The maximum atomic E-state index is 4.29. The third-order valence-electron chi connectivity index (χ3n) is 1.77. The molecule has 0 bridgehead atoms. The highest BCUT2D eigenvalue weighted by Crippen LogP contribution is 1.95. The van der Waals surface area contributed by atoms with Gasteiger partial charge in [-0.05, 0) is 37.1 Å². The highest BCUT2D eigenvalue weighted by Gasteiger charge is 1.88. The second kappa shape index (κ2) is 8.92. The van der Waals surface area contributed by atoms with E-state index in [-0.39, 0.29) is 0 Å². The molecule has 0 aliphatic heterocycles. The van der Waals surface area contributed by atoms with Crippen molar-refractivity contribution in [3.05, 3.63) is 0 Å². The monoisotopic (exact) mass is 196 g/mol. The highest BCUT2D eigenvalue weighted by atomic mass is 14.8. The molecule has 82 valence electrons. The Morgan fingerprint density at radius 1 is 0.786 bits per heavy atom. The van der Waals surface area contributed by atoms with E-state index in [1.165, 1.54) is 0 Å². The first-order valence-electron chi connectivity index (χ1n) is 5.59. The van der Waals surface area contributed by atoms with Crippen molar-refractivity contribution in [2.75, 3.05) is 13.1 Å². The minimum absolute atomic E-state index is 0.711. The van der Waals surface area contributed by atoms with Gasteiger partial charge < -0.3 is 0 Å². The minimum Gasteiger partial charge on any atom is -0.296 e. The van der Waals surface area contributed by atoms with Crippen LogP contribution >= 0.6 is 0 Å². The second-order valence-corrected chi connectivity index (χ2v) is 4.44. The Balaban J connectivity index is 3.28. The molecule has 0 saturated carbocycles. The third kappa shape index (κ3) is 11.3. The van der Waals surface area contributed by atoms with E-state index in [2.05, 4.69) is 37.7 Å². The summed E-state index contributed by atoms with van der Waals surface area (Å²) >= 11 is 0. The smallest absolute Gasteiger partial charge is 0.0581 e. The summed E-state index contributed by atoms with van der Waals surface area (Å²) in [4.78, 5) is 8.58. The molecule has 0 radical (unpaired) electrons. The first kappa shape index (κ1) is 13.3. The average Bonchev–Trinajstić information content (AvgIpc) is 2.08. The van der Waals surface area contributed by atoms with Crippen molar-refractivity contribution in [1.29, 1.82) is 0 Å². The van der Waals surface area contributed by atoms with Crippen LogP contribution in [0, 0.1) is 11.8 Å². The predicted octanol–water partition coefficient (Wildman–Crippen LogP) is 3.22. The summed E-state index contributed by atoms with van der Waals surface area (Å²) in [7, 11) is 0. The highest BCUT2D eigenvalue weighted by molar-refractivity contribution is 5.58. The molecule has 0 saturated heterocycles. The van der Waals surface area contributed by atoms with E-state index >= 15 is 0 Å². The lowest BCUT2D eigenvalue weighted by Crippen LogP contribution is -1.93. The summed E-state index contributed by atoms with van der Waals surface area (Å²) in [5.74, 6) is 1.42. The van der Waals surface area contributed by atoms with E-state index in [9.17, 15) is 0 Å². The topological polar surface area (TPSA) is 24.7 Å². The van der Waals surface area contributed by atoms with E-state index in [4.69, 9.17) is 0 Å². The van der Waals surface area contributed by atoms with Gasteiger partial charge in [0.15, 0.2) is 0 Å². The van der Waals surface area contributed by atoms with Crippen LogP contribution in [0.2, 0.25) is 0 Å². The molecular formula is C12H24N2. The fraction of sp³-hybridized carbons (Fsp3) is 0.833. The van der Waals surface area contributed by atoms with Gasteiger partial charge in [-0.3, -0.25) is 9.98 Å². The van der Waals surface area contributed by atoms with Gasteiger partial charge in [0.25, 0.3) is 0 Å². The van der Waals surface area contributed by atoms with Crippen molar-refractivity contribution < 1.29 is 0 Å². The first-order valence-corrected chi connectivity index (χ1v) is 5.59. The zero-order valence-electron chi connectivity index (χ0n) is 10.0. The summed E-state index contributed by atoms with van der Waals surface area (Å²) in [5.41, 5.74) is 0. The van der Waals surface area contributed by atoms with Crippen LogP contribution < -0.4 is 0 Å². The number of hydrogen-bond donors (Lipinski definition) is 0. The average molecular weight is 196 g/mol. The molecule has 0 N–H and O–H groups in total. The zero-order valence-corrected chi connectivity index (χ0v) is 10.0. The molecule has 0 amide bonds. The molecule has 0 unspecified atom stereocenters. The Morgan fingerprint density at radius 3 is 1.43 bits per heavy atom. The van der Waals surface area contributed by atoms with Gasteiger partial charge in [-0.1, -0.05) is 27.7 Å². The van der Waals surface area contributed by atoms with E-state index in [1.807, 2.05) is 12.4 Å². The van der Waals surface area contributed by atoms with E-state index in [0.717, 1.165) is 25.9 Å². The Morgan fingerprint density at radius 2 is 1.14 bits per heavy atom. The van der Waals surface area contributed by atoms with Gasteiger partial charge in [0.2, 0.25) is 0 Å². The molecule has 14 heavy (non-hydrogen) atoms. The van der Waals surface area contributed by atoms with Crippen LogP contribution in [-0.4, -0.2) is 25.5 Å². The maximum absolute atomic E-state index is 4.29. The number of hydrogen-bond acceptors (Lipinski definition) is 2. The van der Waals surface area contributed by atoms with E-state index in [1.54, 1.807) is 0 Å². The van der Waals surface area contributed by atoms with E-state index in [0.29, 0.717) is 11.8 Å². The molecule has 0 rings (SSSR count).